The number of amides is 2. The Labute approximate surface area is 188 Å². The largest absolute Gasteiger partial charge is 0.477 e. The van der Waals surface area contributed by atoms with Crippen molar-refractivity contribution in [1.29, 1.82) is 0 Å². The minimum Gasteiger partial charge on any atom is -0.477 e. The van der Waals surface area contributed by atoms with Gasteiger partial charge < -0.3 is 9.59 Å². The summed E-state index contributed by atoms with van der Waals surface area (Å²) in [5.41, 5.74) is 2.05. The van der Waals surface area contributed by atoms with Crippen LogP contribution in [0.5, 0.6) is 0 Å². The summed E-state index contributed by atoms with van der Waals surface area (Å²) in [6.45, 7) is 0.542. The summed E-state index contributed by atoms with van der Waals surface area (Å²) in [7, 11) is 3.60. The number of fused-ring (bicyclic) bond motifs is 1. The summed E-state index contributed by atoms with van der Waals surface area (Å²) in [6, 6.07) is 19.7. The SMILES string of the molecule is C[N+](C)(CCN1C(=O)[C@@H]2[C@H](C1=O)[C@H](c1ccccc1)C=C[C@H]2c1ccccc1)CC(=O)O. The fourth-order valence-electron chi connectivity index (χ4n) is 5.03. The van der Waals surface area contributed by atoms with E-state index in [-0.39, 0.29) is 41.2 Å². The third kappa shape index (κ3) is 4.23. The van der Waals surface area contributed by atoms with E-state index in [4.69, 9.17) is 5.11 Å². The normalized spacial score (nSPS) is 25.1. The molecular weight excluding hydrogens is 404 g/mol. The number of imide groups is 1. The van der Waals surface area contributed by atoms with Crippen molar-refractivity contribution < 1.29 is 24.0 Å². The topological polar surface area (TPSA) is 74.7 Å². The van der Waals surface area contributed by atoms with E-state index in [9.17, 15) is 14.4 Å². The van der Waals surface area contributed by atoms with Crippen LogP contribution in [0.1, 0.15) is 23.0 Å². The maximum absolute atomic E-state index is 13.6. The van der Waals surface area contributed by atoms with Crippen LogP contribution in [0.4, 0.5) is 0 Å². The lowest BCUT2D eigenvalue weighted by Gasteiger charge is -2.32. The van der Waals surface area contributed by atoms with Gasteiger partial charge in [-0.05, 0) is 11.1 Å². The number of hydrogen-bond donors (Lipinski definition) is 1. The summed E-state index contributed by atoms with van der Waals surface area (Å²) in [6.07, 6.45) is 4.15. The van der Waals surface area contributed by atoms with Gasteiger partial charge in [-0.1, -0.05) is 72.8 Å². The first-order valence-corrected chi connectivity index (χ1v) is 11.0. The number of carbonyl (C=O) groups excluding carboxylic acids is 2. The Bertz CT molecular complexity index is 965. The molecule has 4 atom stereocenters. The van der Waals surface area contributed by atoms with Crippen LogP contribution >= 0.6 is 0 Å². The van der Waals surface area contributed by atoms with E-state index in [1.54, 1.807) is 14.1 Å². The molecule has 2 aromatic rings. The van der Waals surface area contributed by atoms with Crippen molar-refractivity contribution in [2.45, 2.75) is 11.8 Å². The van der Waals surface area contributed by atoms with E-state index < -0.39 is 17.8 Å². The number of aliphatic carboxylic acids is 1. The predicted octanol–water partition coefficient (Wildman–Crippen LogP) is 2.89. The maximum Gasteiger partial charge on any atom is 0.359 e. The van der Waals surface area contributed by atoms with Crippen LogP contribution in [0.25, 0.3) is 0 Å². The fourth-order valence-corrected chi connectivity index (χ4v) is 5.03. The third-order valence-electron chi connectivity index (χ3n) is 6.65. The number of rotatable bonds is 7. The highest BCUT2D eigenvalue weighted by Gasteiger charge is 2.55. The van der Waals surface area contributed by atoms with Crippen molar-refractivity contribution >= 4 is 17.8 Å². The number of carboxylic acid groups (broad SMARTS) is 1. The Kier molecular flexibility index (Phi) is 5.98. The number of benzene rings is 2. The van der Waals surface area contributed by atoms with Gasteiger partial charge in [0.05, 0.1) is 39.0 Å². The van der Waals surface area contributed by atoms with E-state index in [1.807, 2.05) is 60.7 Å². The van der Waals surface area contributed by atoms with Gasteiger partial charge in [0.25, 0.3) is 0 Å². The summed E-state index contributed by atoms with van der Waals surface area (Å²) in [5.74, 6) is -2.47. The Morgan fingerprint density at radius 3 is 1.69 bits per heavy atom. The van der Waals surface area contributed by atoms with Crippen LogP contribution in [-0.2, 0) is 14.4 Å². The molecule has 1 aliphatic heterocycles. The average Bonchev–Trinajstić information content (AvgIpc) is 3.02. The van der Waals surface area contributed by atoms with Gasteiger partial charge in [-0.3, -0.25) is 14.5 Å². The molecule has 6 nitrogen and oxygen atoms in total. The van der Waals surface area contributed by atoms with E-state index >= 15 is 0 Å². The predicted molar refractivity (Wildman–Crippen MR) is 121 cm³/mol. The van der Waals surface area contributed by atoms with Crippen molar-refractivity contribution in [1.82, 2.24) is 4.90 Å². The van der Waals surface area contributed by atoms with Crippen LogP contribution in [0.2, 0.25) is 0 Å². The molecule has 2 aromatic carbocycles. The second kappa shape index (κ2) is 8.71. The fraction of sp³-hybridized carbons (Fsp3) is 0.346. The number of likely N-dealkylation sites (N-methyl/N-ethyl adjacent to an activating group) is 1. The lowest BCUT2D eigenvalue weighted by atomic mass is 9.68. The van der Waals surface area contributed by atoms with Gasteiger partial charge in [-0.2, -0.15) is 0 Å². The van der Waals surface area contributed by atoms with E-state index in [0.29, 0.717) is 6.54 Å². The molecule has 6 heteroatoms. The van der Waals surface area contributed by atoms with Crippen molar-refractivity contribution in [3.05, 3.63) is 83.9 Å². The number of quaternary nitrogens is 1. The van der Waals surface area contributed by atoms with Crippen molar-refractivity contribution in [2.24, 2.45) is 11.8 Å². The highest BCUT2D eigenvalue weighted by Crippen LogP contribution is 2.49. The maximum atomic E-state index is 13.6. The Hall–Kier alpha value is -3.25. The van der Waals surface area contributed by atoms with Gasteiger partial charge in [-0.15, -0.1) is 0 Å². The number of likely N-dealkylation sites (tertiary alicyclic amines) is 1. The van der Waals surface area contributed by atoms with Crippen LogP contribution in [-0.4, -0.2) is 66.0 Å². The van der Waals surface area contributed by atoms with Gasteiger partial charge >= 0.3 is 5.97 Å². The van der Waals surface area contributed by atoms with E-state index in [1.165, 1.54) is 4.90 Å². The van der Waals surface area contributed by atoms with Gasteiger partial charge in [0, 0.05) is 11.8 Å². The molecule has 0 bridgehead atoms. The van der Waals surface area contributed by atoms with Gasteiger partial charge in [-0.25, -0.2) is 4.79 Å². The summed E-state index contributed by atoms with van der Waals surface area (Å²) in [4.78, 5) is 39.7. The molecule has 1 saturated heterocycles. The molecule has 1 fully saturated rings. The summed E-state index contributed by atoms with van der Waals surface area (Å²) >= 11 is 0. The van der Waals surface area contributed by atoms with Crippen molar-refractivity contribution in [3.63, 3.8) is 0 Å². The molecule has 0 radical (unpaired) electrons. The number of carbonyl (C=O) groups is 3. The molecule has 0 saturated carbocycles. The summed E-state index contributed by atoms with van der Waals surface area (Å²) < 4.78 is 0.199. The van der Waals surface area contributed by atoms with Gasteiger partial charge in [0.15, 0.2) is 6.54 Å². The molecule has 166 valence electrons. The molecule has 0 spiro atoms. The number of carboxylic acids is 1. The average molecular weight is 434 g/mol. The summed E-state index contributed by atoms with van der Waals surface area (Å²) in [5, 5.41) is 9.16. The van der Waals surface area contributed by atoms with Crippen molar-refractivity contribution in [2.75, 3.05) is 33.7 Å². The van der Waals surface area contributed by atoms with Crippen molar-refractivity contribution in [3.8, 4) is 0 Å². The van der Waals surface area contributed by atoms with Crippen LogP contribution < -0.4 is 0 Å². The lowest BCUT2D eigenvalue weighted by molar-refractivity contribution is -0.882. The zero-order valence-electron chi connectivity index (χ0n) is 18.4. The highest BCUT2D eigenvalue weighted by molar-refractivity contribution is 6.06. The van der Waals surface area contributed by atoms with Crippen LogP contribution in [0, 0.1) is 11.8 Å². The minimum atomic E-state index is -0.903. The molecule has 1 aliphatic carbocycles. The lowest BCUT2D eigenvalue weighted by Crippen LogP contribution is -2.49. The number of nitrogens with zero attached hydrogens (tertiary/aromatic N) is 2. The first kappa shape index (κ1) is 22.0. The van der Waals surface area contributed by atoms with E-state index in [2.05, 4.69) is 12.2 Å². The molecule has 1 heterocycles. The number of hydrogen-bond acceptors (Lipinski definition) is 3. The molecule has 4 rings (SSSR count). The zero-order valence-corrected chi connectivity index (χ0v) is 18.4. The molecule has 2 aliphatic rings. The van der Waals surface area contributed by atoms with Crippen LogP contribution in [0.15, 0.2) is 72.8 Å². The standard InChI is InChI=1S/C26H28N2O4/c1-28(2,17-22(29)30)16-15-27-25(31)23-20(18-9-5-3-6-10-18)13-14-21(24(23)26(27)32)19-11-7-4-8-12-19/h3-14,20-21,23-24H,15-17H2,1-2H3/p+1/t20-,21-,23-,24+/m0/s1. The first-order valence-electron chi connectivity index (χ1n) is 11.0. The molecular formula is C26H29N2O4+. The molecule has 0 unspecified atom stereocenters. The van der Waals surface area contributed by atoms with Gasteiger partial charge in [0.1, 0.15) is 0 Å². The molecule has 1 N–H and O–H groups in total. The minimum absolute atomic E-state index is 0.0656. The molecule has 0 aromatic heterocycles. The number of allylic oxidation sites excluding steroid dienone is 2. The Morgan fingerprint density at radius 1 is 0.844 bits per heavy atom. The second-order valence-corrected chi connectivity index (χ2v) is 9.35. The second-order valence-electron chi connectivity index (χ2n) is 9.35. The first-order chi connectivity index (χ1) is 15.3. The molecule has 32 heavy (non-hydrogen) atoms. The Balaban J connectivity index is 1.67. The monoisotopic (exact) mass is 433 g/mol. The van der Waals surface area contributed by atoms with Gasteiger partial charge in [0.2, 0.25) is 11.8 Å². The quantitative estimate of drug-likeness (QED) is 0.414. The van der Waals surface area contributed by atoms with E-state index in [0.717, 1.165) is 11.1 Å². The molecule has 2 amide bonds. The Morgan fingerprint density at radius 2 is 1.28 bits per heavy atom. The highest BCUT2D eigenvalue weighted by atomic mass is 16.4. The smallest absolute Gasteiger partial charge is 0.359 e. The van der Waals surface area contributed by atoms with Crippen LogP contribution in [0.3, 0.4) is 0 Å². The zero-order chi connectivity index (χ0) is 22.9. The third-order valence-corrected chi connectivity index (χ3v) is 6.65.